The number of aldehydes is 1. The van der Waals surface area contributed by atoms with Gasteiger partial charge in [-0.25, -0.2) is 0 Å². The molecule has 1 rings (SSSR count). The first-order valence-electron chi connectivity index (χ1n) is 12.3. The number of likely N-dealkylation sites (tertiary alicyclic amines) is 1. The number of carboxylic acids is 1. The highest BCUT2D eigenvalue weighted by Gasteiger charge is 2.39. The minimum absolute atomic E-state index is 0.0597. The summed E-state index contributed by atoms with van der Waals surface area (Å²) in [6, 6.07) is -2.89. The van der Waals surface area contributed by atoms with Gasteiger partial charge >= 0.3 is 5.97 Å². The second kappa shape index (κ2) is 15.7. The molecule has 3 atom stereocenters. The van der Waals surface area contributed by atoms with Crippen molar-refractivity contribution >= 4 is 35.9 Å². The average molecular weight is 497 g/mol. The number of rotatable bonds is 16. The second-order valence-electron chi connectivity index (χ2n) is 8.82. The molecule has 0 aromatic heterocycles. The summed E-state index contributed by atoms with van der Waals surface area (Å²) in [5.41, 5.74) is 10.5. The highest BCUT2D eigenvalue weighted by atomic mass is 16.4. The SMILES string of the molecule is CCCC(CCC)C(=O)N[C@@H](CC(=O)O)C(=O)N1CCC[C@H]1C(=O)NC(C=O)CCCN=C(N)N. The molecule has 12 nitrogen and oxygen atoms in total. The van der Waals surface area contributed by atoms with E-state index in [-0.39, 0.29) is 24.3 Å². The molecule has 0 radical (unpaired) electrons. The molecule has 0 saturated carbocycles. The van der Waals surface area contributed by atoms with Crippen LogP contribution in [0.5, 0.6) is 0 Å². The lowest BCUT2D eigenvalue weighted by Crippen LogP contribution is -2.55. The van der Waals surface area contributed by atoms with Crippen molar-refractivity contribution in [1.82, 2.24) is 15.5 Å². The van der Waals surface area contributed by atoms with Gasteiger partial charge < -0.3 is 36.9 Å². The first-order chi connectivity index (χ1) is 16.6. The van der Waals surface area contributed by atoms with Crippen LogP contribution in [0.25, 0.3) is 0 Å². The topological polar surface area (TPSA) is 197 Å². The first kappa shape index (κ1) is 29.9. The fraction of sp³-hybridized carbons (Fsp3) is 0.739. The third kappa shape index (κ3) is 10.3. The van der Waals surface area contributed by atoms with Crippen molar-refractivity contribution in [1.29, 1.82) is 0 Å². The lowest BCUT2D eigenvalue weighted by molar-refractivity contribution is -0.146. The summed E-state index contributed by atoms with van der Waals surface area (Å²) in [5.74, 6) is -3.05. The average Bonchev–Trinajstić information content (AvgIpc) is 3.29. The van der Waals surface area contributed by atoms with Crippen LogP contribution in [0.2, 0.25) is 0 Å². The fourth-order valence-electron chi connectivity index (χ4n) is 4.24. The van der Waals surface area contributed by atoms with Gasteiger partial charge in [-0.05, 0) is 38.5 Å². The molecular formula is C23H40N6O6. The molecule has 1 heterocycles. The maximum atomic E-state index is 13.3. The van der Waals surface area contributed by atoms with E-state index in [1.54, 1.807) is 0 Å². The van der Waals surface area contributed by atoms with Crippen molar-refractivity contribution in [2.75, 3.05) is 13.1 Å². The summed E-state index contributed by atoms with van der Waals surface area (Å²) in [5, 5.41) is 14.6. The summed E-state index contributed by atoms with van der Waals surface area (Å²) < 4.78 is 0. The Morgan fingerprint density at radius 3 is 2.31 bits per heavy atom. The zero-order valence-electron chi connectivity index (χ0n) is 20.7. The van der Waals surface area contributed by atoms with Gasteiger partial charge in [0.2, 0.25) is 17.7 Å². The van der Waals surface area contributed by atoms with Gasteiger partial charge in [-0.3, -0.25) is 24.2 Å². The zero-order chi connectivity index (χ0) is 26.4. The largest absolute Gasteiger partial charge is 0.481 e. The van der Waals surface area contributed by atoms with E-state index in [0.29, 0.717) is 51.4 Å². The number of hydrogen-bond acceptors (Lipinski definition) is 6. The van der Waals surface area contributed by atoms with Gasteiger partial charge in [0.05, 0.1) is 12.5 Å². The monoisotopic (exact) mass is 496 g/mol. The number of carboxylic acid groups (broad SMARTS) is 1. The van der Waals surface area contributed by atoms with Crippen molar-refractivity contribution in [2.24, 2.45) is 22.4 Å². The minimum Gasteiger partial charge on any atom is -0.481 e. The smallest absolute Gasteiger partial charge is 0.305 e. The molecule has 3 amide bonds. The highest BCUT2D eigenvalue weighted by Crippen LogP contribution is 2.21. The van der Waals surface area contributed by atoms with Crippen molar-refractivity contribution in [3.05, 3.63) is 0 Å². The van der Waals surface area contributed by atoms with Crippen molar-refractivity contribution in [3.63, 3.8) is 0 Å². The predicted octanol–water partition coefficient (Wildman–Crippen LogP) is -0.109. The number of carbonyl (C=O) groups is 5. The maximum Gasteiger partial charge on any atom is 0.305 e. The molecule has 35 heavy (non-hydrogen) atoms. The number of amides is 3. The van der Waals surface area contributed by atoms with Gasteiger partial charge in [-0.1, -0.05) is 26.7 Å². The van der Waals surface area contributed by atoms with Crippen LogP contribution >= 0.6 is 0 Å². The Labute approximate surface area is 206 Å². The van der Waals surface area contributed by atoms with E-state index in [1.165, 1.54) is 4.90 Å². The van der Waals surface area contributed by atoms with E-state index in [1.807, 2.05) is 13.8 Å². The Balaban J connectivity index is 2.88. The summed E-state index contributed by atoms with van der Waals surface area (Å²) in [6.45, 7) is 4.48. The zero-order valence-corrected chi connectivity index (χ0v) is 20.7. The maximum absolute atomic E-state index is 13.3. The van der Waals surface area contributed by atoms with Crippen LogP contribution in [-0.4, -0.2) is 77.2 Å². The number of nitrogens with one attached hydrogen (secondary N) is 2. The third-order valence-corrected chi connectivity index (χ3v) is 5.94. The molecule has 1 saturated heterocycles. The van der Waals surface area contributed by atoms with Gasteiger partial charge in [-0.15, -0.1) is 0 Å². The molecule has 0 spiro atoms. The molecule has 0 aromatic rings. The van der Waals surface area contributed by atoms with Crippen molar-refractivity contribution in [3.8, 4) is 0 Å². The number of hydrogen-bond donors (Lipinski definition) is 5. The van der Waals surface area contributed by atoms with E-state index >= 15 is 0 Å². The van der Waals surface area contributed by atoms with Crippen LogP contribution in [0.3, 0.4) is 0 Å². The molecule has 0 aromatic carbocycles. The quantitative estimate of drug-likeness (QED) is 0.0843. The third-order valence-electron chi connectivity index (χ3n) is 5.94. The second-order valence-corrected chi connectivity index (χ2v) is 8.82. The molecule has 0 aliphatic carbocycles. The van der Waals surface area contributed by atoms with Gasteiger partial charge in [0, 0.05) is 19.0 Å². The number of nitrogens with zero attached hydrogens (tertiary/aromatic N) is 2. The standard InChI is InChI=1S/C23H40N6O6/c1-3-7-15(8-4-2)20(33)28-17(13-19(31)32)22(35)29-12-6-10-18(29)21(34)27-16(14-30)9-5-11-26-23(24)25/h14-18H,3-13H2,1-2H3,(H,27,34)(H,28,33)(H,31,32)(H4,24,25,26)/t16?,17-,18-/m0/s1. The van der Waals surface area contributed by atoms with E-state index in [0.717, 1.165) is 12.8 Å². The summed E-state index contributed by atoms with van der Waals surface area (Å²) >= 11 is 0. The summed E-state index contributed by atoms with van der Waals surface area (Å²) in [7, 11) is 0. The fourth-order valence-corrected chi connectivity index (χ4v) is 4.24. The number of aliphatic imine (C=N–C) groups is 1. The number of nitrogens with two attached hydrogens (primary N) is 2. The number of guanidine groups is 1. The normalized spacial score (nSPS) is 16.9. The van der Waals surface area contributed by atoms with Crippen LogP contribution in [0.4, 0.5) is 0 Å². The molecule has 1 aliphatic heterocycles. The molecule has 0 bridgehead atoms. The summed E-state index contributed by atoms with van der Waals surface area (Å²) in [4.78, 5) is 66.9. The Morgan fingerprint density at radius 2 is 1.77 bits per heavy atom. The van der Waals surface area contributed by atoms with Crippen LogP contribution < -0.4 is 22.1 Å². The van der Waals surface area contributed by atoms with Gasteiger partial charge in [0.15, 0.2) is 5.96 Å². The van der Waals surface area contributed by atoms with E-state index in [4.69, 9.17) is 11.5 Å². The van der Waals surface area contributed by atoms with E-state index < -0.39 is 42.3 Å². The highest BCUT2D eigenvalue weighted by molar-refractivity contribution is 5.95. The molecule has 1 unspecified atom stereocenters. The molecule has 198 valence electrons. The van der Waals surface area contributed by atoms with Gasteiger partial charge in [0.1, 0.15) is 18.4 Å². The summed E-state index contributed by atoms with van der Waals surface area (Å²) in [6.07, 6.45) is 4.59. The minimum atomic E-state index is -1.27. The molecular weight excluding hydrogens is 456 g/mol. The Kier molecular flexibility index (Phi) is 13.4. The predicted molar refractivity (Wildman–Crippen MR) is 130 cm³/mol. The van der Waals surface area contributed by atoms with Crippen LogP contribution in [0.15, 0.2) is 4.99 Å². The lowest BCUT2D eigenvalue weighted by atomic mass is 9.96. The van der Waals surface area contributed by atoms with Crippen LogP contribution in [0.1, 0.15) is 71.6 Å². The van der Waals surface area contributed by atoms with Crippen molar-refractivity contribution in [2.45, 2.75) is 89.8 Å². The van der Waals surface area contributed by atoms with Crippen LogP contribution in [-0.2, 0) is 24.0 Å². The Bertz CT molecular complexity index is 764. The molecule has 12 heteroatoms. The van der Waals surface area contributed by atoms with Gasteiger partial charge in [-0.2, -0.15) is 0 Å². The Morgan fingerprint density at radius 1 is 1.11 bits per heavy atom. The lowest BCUT2D eigenvalue weighted by Gasteiger charge is -2.29. The molecule has 1 fully saturated rings. The number of aliphatic carboxylic acids is 1. The molecule has 1 aliphatic rings. The van der Waals surface area contributed by atoms with E-state index in [2.05, 4.69) is 15.6 Å². The number of carbonyl (C=O) groups excluding carboxylic acids is 4. The van der Waals surface area contributed by atoms with Crippen molar-refractivity contribution < 1.29 is 29.1 Å². The van der Waals surface area contributed by atoms with E-state index in [9.17, 15) is 29.1 Å². The van der Waals surface area contributed by atoms with Crippen LogP contribution in [0, 0.1) is 5.92 Å². The molecule has 7 N–H and O–H groups in total. The van der Waals surface area contributed by atoms with Gasteiger partial charge in [0.25, 0.3) is 0 Å². The Hall–Kier alpha value is -3.18. The first-order valence-corrected chi connectivity index (χ1v) is 12.3.